The van der Waals surface area contributed by atoms with Gasteiger partial charge in [-0.05, 0) is 30.0 Å². The molecule has 2 aromatic carbocycles. The van der Waals surface area contributed by atoms with E-state index in [0.29, 0.717) is 0 Å². The summed E-state index contributed by atoms with van der Waals surface area (Å²) in [7, 11) is 24.3. The molecule has 0 atom stereocenters. The van der Waals surface area contributed by atoms with Gasteiger partial charge in [0.15, 0.2) is 0 Å². The summed E-state index contributed by atoms with van der Waals surface area (Å²) in [6, 6.07) is 3.82. The van der Waals surface area contributed by atoms with Crippen LogP contribution in [0.3, 0.4) is 0 Å². The van der Waals surface area contributed by atoms with Gasteiger partial charge in [-0.1, -0.05) is 35.7 Å². The quantitative estimate of drug-likeness (QED) is 0.459. The number of aliphatic carboxylic acids is 1. The molecule has 0 saturated carbocycles. The van der Waals surface area contributed by atoms with Crippen LogP contribution < -0.4 is 21.9 Å². The van der Waals surface area contributed by atoms with E-state index in [9.17, 15) is 14.3 Å². The van der Waals surface area contributed by atoms with E-state index in [2.05, 4.69) is 10.2 Å². The Morgan fingerprint density at radius 2 is 1.81 bits per heavy atom. The predicted molar refractivity (Wildman–Crippen MR) is 124 cm³/mol. The Kier molecular flexibility index (Phi) is 5.28. The maximum Gasteiger partial charge on any atom is 0.303 e. The Morgan fingerprint density at radius 1 is 1.16 bits per heavy atom. The van der Waals surface area contributed by atoms with Gasteiger partial charge in [0.25, 0.3) is 0 Å². The second kappa shape index (κ2) is 7.66. The van der Waals surface area contributed by atoms with Crippen LogP contribution >= 0.6 is 0 Å². The molecule has 0 aliphatic carbocycles. The average molecular weight is 405 g/mol. The van der Waals surface area contributed by atoms with Gasteiger partial charge in [-0.2, -0.15) is 5.10 Å². The van der Waals surface area contributed by atoms with Crippen molar-refractivity contribution in [2.24, 2.45) is 0 Å². The van der Waals surface area contributed by atoms with Crippen LogP contribution in [0.4, 0.5) is 4.39 Å². The topological polar surface area (TPSA) is 70.9 Å². The van der Waals surface area contributed by atoms with Crippen LogP contribution in [0.15, 0.2) is 18.3 Å². The van der Waals surface area contributed by atoms with E-state index in [-0.39, 0.29) is 46.3 Å². The molecule has 0 unspecified atom stereocenters. The number of nitrogens with zero attached hydrogens (tertiary/aromatic N) is 2. The number of nitrogens with one attached hydrogen (secondary N) is 1. The smallest absolute Gasteiger partial charge is 0.303 e. The third-order valence-corrected chi connectivity index (χ3v) is 5.60. The molecule has 2 heterocycles. The number of hydrogen-bond acceptors (Lipinski definition) is 2. The highest BCUT2D eigenvalue weighted by Gasteiger charge is 2.25. The van der Waals surface area contributed by atoms with E-state index >= 15 is 0 Å². The molecule has 2 N–H and O–H groups in total. The highest BCUT2D eigenvalue weighted by Crippen LogP contribution is 2.36. The molecular formula is C21H16B4FN3O2. The van der Waals surface area contributed by atoms with Crippen LogP contribution in [0.2, 0.25) is 0 Å². The number of carbonyl (C=O) groups is 1. The molecule has 0 spiro atoms. The third-order valence-electron chi connectivity index (χ3n) is 5.60. The Balaban J connectivity index is 2.19. The zero-order chi connectivity index (χ0) is 22.6. The summed E-state index contributed by atoms with van der Waals surface area (Å²) in [6.45, 7) is 3.95. The van der Waals surface area contributed by atoms with Crippen LogP contribution in [-0.2, 0) is 11.2 Å². The molecule has 5 nitrogen and oxygen atoms in total. The summed E-state index contributed by atoms with van der Waals surface area (Å²) in [4.78, 5) is 11.3. The molecule has 0 aliphatic rings. The van der Waals surface area contributed by atoms with Crippen LogP contribution in [0.1, 0.15) is 37.4 Å². The van der Waals surface area contributed by atoms with E-state index in [1.807, 2.05) is 30.5 Å². The summed E-state index contributed by atoms with van der Waals surface area (Å²) in [5.41, 5.74) is 2.83. The second-order valence-electron chi connectivity index (χ2n) is 7.89. The third kappa shape index (κ3) is 3.29. The Bertz CT molecular complexity index is 1330. The summed E-state index contributed by atoms with van der Waals surface area (Å²) in [5, 5.41) is 18.0. The van der Waals surface area contributed by atoms with Gasteiger partial charge in [-0.3, -0.25) is 9.89 Å². The molecule has 31 heavy (non-hydrogen) atoms. The van der Waals surface area contributed by atoms with E-state index in [4.69, 9.17) is 31.4 Å². The highest BCUT2D eigenvalue weighted by molar-refractivity contribution is 6.58. The Morgan fingerprint density at radius 3 is 2.39 bits per heavy atom. The molecule has 8 radical (unpaired) electrons. The fourth-order valence-electron chi connectivity index (χ4n) is 4.17. The fraction of sp³-hybridized carbons (Fsp3) is 0.238. The Hall–Kier alpha value is -2.89. The number of hydrogen-bond donors (Lipinski definition) is 2. The lowest BCUT2D eigenvalue weighted by Crippen LogP contribution is -2.47. The van der Waals surface area contributed by atoms with Gasteiger partial charge < -0.3 is 9.67 Å². The zero-order valence-corrected chi connectivity index (χ0v) is 17.2. The molecule has 0 aliphatic heterocycles. The number of rotatable bonds is 5. The van der Waals surface area contributed by atoms with Crippen molar-refractivity contribution in [2.75, 3.05) is 0 Å². The Labute approximate surface area is 184 Å². The van der Waals surface area contributed by atoms with Crippen molar-refractivity contribution in [3.63, 3.8) is 0 Å². The summed E-state index contributed by atoms with van der Waals surface area (Å²) >= 11 is 0. The maximum absolute atomic E-state index is 14.4. The van der Waals surface area contributed by atoms with Crippen molar-refractivity contribution >= 4 is 81.0 Å². The number of aromatic nitrogens is 3. The second-order valence-corrected chi connectivity index (χ2v) is 7.89. The lowest BCUT2D eigenvalue weighted by atomic mass is 9.68. The molecular weight excluding hydrogens is 388 g/mol. The lowest BCUT2D eigenvalue weighted by Gasteiger charge is -2.24. The minimum atomic E-state index is -0.910. The zero-order valence-electron chi connectivity index (χ0n) is 17.2. The molecule has 0 amide bonds. The molecule has 4 rings (SSSR count). The average Bonchev–Trinajstić information content (AvgIpc) is 3.30. The van der Waals surface area contributed by atoms with Crippen molar-refractivity contribution in [3.05, 3.63) is 35.4 Å². The molecule has 10 heteroatoms. The van der Waals surface area contributed by atoms with Crippen molar-refractivity contribution in [1.82, 2.24) is 14.8 Å². The van der Waals surface area contributed by atoms with Crippen LogP contribution in [0, 0.1) is 5.82 Å². The number of fused-ring (bicyclic) bond motifs is 2. The monoisotopic (exact) mass is 405 g/mol. The van der Waals surface area contributed by atoms with Gasteiger partial charge in [-0.25, -0.2) is 4.39 Å². The molecule has 146 valence electrons. The van der Waals surface area contributed by atoms with E-state index in [1.54, 1.807) is 6.20 Å². The summed E-state index contributed by atoms with van der Waals surface area (Å²) < 4.78 is 16.2. The number of H-pyrrole nitrogens is 1. The van der Waals surface area contributed by atoms with E-state index < -0.39 is 11.8 Å². The lowest BCUT2D eigenvalue weighted by molar-refractivity contribution is -0.136. The van der Waals surface area contributed by atoms with Gasteiger partial charge in [0, 0.05) is 28.6 Å². The predicted octanol–water partition coefficient (Wildman–Crippen LogP) is -0.0383. The number of benzene rings is 2. The first-order valence-corrected chi connectivity index (χ1v) is 9.77. The molecule has 0 saturated heterocycles. The number of aryl methyl sites for hydroxylation is 1. The van der Waals surface area contributed by atoms with Gasteiger partial charge >= 0.3 is 5.97 Å². The largest absolute Gasteiger partial charge is 0.481 e. The molecule has 0 bridgehead atoms. The van der Waals surface area contributed by atoms with Crippen LogP contribution in [0.25, 0.3) is 27.5 Å². The maximum atomic E-state index is 14.4. The van der Waals surface area contributed by atoms with Crippen molar-refractivity contribution in [1.29, 1.82) is 0 Å². The molecule has 0 fully saturated rings. The van der Waals surface area contributed by atoms with Gasteiger partial charge in [-0.15, -0.1) is 0 Å². The first-order valence-electron chi connectivity index (χ1n) is 9.77. The minimum absolute atomic E-state index is 0.0277. The van der Waals surface area contributed by atoms with Gasteiger partial charge in [0.2, 0.25) is 0 Å². The SMILES string of the molecule is [B]c1c([B])c(-n2c(C(C)C)c(CCC(=O)O)c3cc4[nH]ncc4cc32)c([B])c([B])c1F. The van der Waals surface area contributed by atoms with Crippen LogP contribution in [0.5, 0.6) is 0 Å². The number of carboxylic acids is 1. The number of aromatic amines is 1. The van der Waals surface area contributed by atoms with Gasteiger partial charge in [0.05, 0.1) is 17.2 Å². The molecule has 4 aromatic rings. The highest BCUT2D eigenvalue weighted by atomic mass is 19.1. The summed E-state index contributed by atoms with van der Waals surface area (Å²) in [5.74, 6) is -1.81. The van der Waals surface area contributed by atoms with Crippen molar-refractivity contribution in [2.45, 2.75) is 32.6 Å². The van der Waals surface area contributed by atoms with E-state index in [1.165, 1.54) is 0 Å². The standard InChI is InChI=1S/C21H16B4FN3O2/c1-8(2)20-10(3-4-14(30)31)11-6-12-9(7-27-28-12)5-13(11)29(20)21-17(24)15(22)19(26)16(23)18(21)25/h5-8H,3-4H2,1-2H3,(H,27,28)(H,30,31). The first-order chi connectivity index (χ1) is 14.6. The number of carboxylic acid groups (broad SMARTS) is 1. The van der Waals surface area contributed by atoms with Crippen molar-refractivity contribution < 1.29 is 14.3 Å². The summed E-state index contributed by atoms with van der Waals surface area (Å²) in [6.07, 6.45) is 1.91. The normalized spacial score (nSPS) is 11.7. The fourth-order valence-corrected chi connectivity index (χ4v) is 4.17. The van der Waals surface area contributed by atoms with E-state index in [0.717, 1.165) is 33.1 Å². The molecule has 2 aromatic heterocycles. The number of halogens is 1. The minimum Gasteiger partial charge on any atom is -0.481 e. The van der Waals surface area contributed by atoms with Crippen molar-refractivity contribution in [3.8, 4) is 5.69 Å². The van der Waals surface area contributed by atoms with Gasteiger partial charge in [0.1, 0.15) is 37.2 Å². The van der Waals surface area contributed by atoms with Crippen LogP contribution in [-0.4, -0.2) is 57.2 Å². The first kappa shape index (κ1) is 21.3.